The Morgan fingerprint density at radius 3 is 0.944 bits per heavy atom. The Kier molecular flexibility index (Phi) is 26.8. The van der Waals surface area contributed by atoms with E-state index in [1.54, 1.807) is 6.08 Å². The van der Waals surface area contributed by atoms with Crippen LogP contribution in [0.1, 0.15) is 122 Å². The van der Waals surface area contributed by atoms with Gasteiger partial charge in [0.25, 0.3) is 0 Å². The molecule has 0 aromatic carbocycles. The van der Waals surface area contributed by atoms with Crippen molar-refractivity contribution < 1.29 is 14.4 Å². The number of hydrogen-bond donors (Lipinski definition) is 0. The van der Waals surface area contributed by atoms with Gasteiger partial charge in [-0.15, -0.1) is 0 Å². The maximum Gasteiger partial charge on any atom is 0.142 e. The van der Waals surface area contributed by atoms with Crippen molar-refractivity contribution in [2.24, 2.45) is 35.5 Å². The van der Waals surface area contributed by atoms with Gasteiger partial charge in [0, 0.05) is 12.8 Å². The van der Waals surface area contributed by atoms with Gasteiger partial charge >= 0.3 is 0 Å². The van der Waals surface area contributed by atoms with Crippen LogP contribution < -0.4 is 0 Å². The lowest BCUT2D eigenvalue weighted by Gasteiger charge is -2.11. The second-order valence-electron chi connectivity index (χ2n) is 12.2. The summed E-state index contributed by atoms with van der Waals surface area (Å²) < 4.78 is 0. The Labute approximate surface area is 225 Å². The first-order valence-corrected chi connectivity index (χ1v) is 14.1. The van der Waals surface area contributed by atoms with Gasteiger partial charge in [-0.25, -0.2) is 0 Å². The third-order valence-corrected chi connectivity index (χ3v) is 4.81. The number of allylic oxidation sites excluding steroid dienone is 6. The van der Waals surface area contributed by atoms with E-state index in [9.17, 15) is 14.4 Å². The van der Waals surface area contributed by atoms with Crippen molar-refractivity contribution in [3.05, 3.63) is 34.9 Å². The minimum atomic E-state index is 0.554. The Morgan fingerprint density at radius 2 is 0.750 bits per heavy atom. The molecule has 0 amide bonds. The second kappa shape index (κ2) is 24.9. The summed E-state index contributed by atoms with van der Waals surface area (Å²) >= 11 is 0. The van der Waals surface area contributed by atoms with E-state index in [2.05, 4.69) is 95.2 Å². The summed E-state index contributed by atoms with van der Waals surface area (Å²) in [5.74, 6) is 3.70. The zero-order chi connectivity index (χ0) is 28.7. The highest BCUT2D eigenvalue weighted by molar-refractivity contribution is 5.66. The monoisotopic (exact) mass is 504 g/mol. The van der Waals surface area contributed by atoms with Crippen molar-refractivity contribution in [2.45, 2.75) is 122 Å². The van der Waals surface area contributed by atoms with E-state index in [0.29, 0.717) is 48.3 Å². The highest BCUT2D eigenvalue weighted by atomic mass is 16.1. The highest BCUT2D eigenvalue weighted by Gasteiger charge is 2.04. The summed E-state index contributed by atoms with van der Waals surface area (Å²) in [6.07, 6.45) is 14.4. The Morgan fingerprint density at radius 1 is 0.472 bits per heavy atom. The topological polar surface area (TPSA) is 51.2 Å². The molecule has 3 heteroatoms. The zero-order valence-corrected chi connectivity index (χ0v) is 25.9. The van der Waals surface area contributed by atoms with Crippen LogP contribution in [0, 0.1) is 35.5 Å². The van der Waals surface area contributed by atoms with Gasteiger partial charge in [-0.3, -0.25) is 4.79 Å². The molecule has 0 aliphatic carbocycles. The Hall–Kier alpha value is -1.77. The summed E-state index contributed by atoms with van der Waals surface area (Å²) in [6, 6.07) is 0. The number of aldehydes is 3. The van der Waals surface area contributed by atoms with Gasteiger partial charge in [0.2, 0.25) is 0 Å². The molecule has 36 heavy (non-hydrogen) atoms. The van der Waals surface area contributed by atoms with Crippen molar-refractivity contribution in [3.8, 4) is 0 Å². The van der Waals surface area contributed by atoms with Crippen molar-refractivity contribution in [1.82, 2.24) is 0 Å². The van der Waals surface area contributed by atoms with Gasteiger partial charge in [0.05, 0.1) is 0 Å². The van der Waals surface area contributed by atoms with Crippen molar-refractivity contribution in [3.63, 3.8) is 0 Å². The lowest BCUT2D eigenvalue weighted by Crippen LogP contribution is -1.97. The average Bonchev–Trinajstić information content (AvgIpc) is 2.66. The fourth-order valence-electron chi connectivity index (χ4n) is 4.01. The molecule has 0 bridgehead atoms. The lowest BCUT2D eigenvalue weighted by atomic mass is 9.95. The molecule has 0 unspecified atom stereocenters. The number of rotatable bonds is 15. The normalized spacial score (nSPS) is 11.9. The molecule has 0 fully saturated rings. The molecule has 0 rings (SSSR count). The zero-order valence-electron chi connectivity index (χ0n) is 25.9. The molecule has 0 aliphatic rings. The summed E-state index contributed by atoms with van der Waals surface area (Å²) in [5.41, 5.74) is 3.86. The van der Waals surface area contributed by atoms with E-state index in [-0.39, 0.29) is 0 Å². The quantitative estimate of drug-likeness (QED) is 0.127. The van der Waals surface area contributed by atoms with Crippen molar-refractivity contribution in [2.75, 3.05) is 0 Å². The molecule has 0 N–H and O–H groups in total. The third-order valence-electron chi connectivity index (χ3n) is 4.81. The van der Waals surface area contributed by atoms with Crippen LogP contribution in [-0.4, -0.2) is 18.9 Å². The molecule has 0 aromatic heterocycles. The molecule has 0 radical (unpaired) electrons. The number of carbonyl (C=O) groups is 3. The standard InChI is InChI=1S/3C11H20O/c3*1-9(2)7-11(5-6-12)8-10(3)4/h2*6-7,9-10H,5,8H2,1-4H3;5-6,9-10H,7-8H2,1-4H3/b11-7+;11-7-;. The molecular weight excluding hydrogens is 444 g/mol. The van der Waals surface area contributed by atoms with Gasteiger partial charge in [-0.2, -0.15) is 0 Å². The van der Waals surface area contributed by atoms with Crippen LogP contribution in [-0.2, 0) is 14.4 Å². The molecule has 0 spiro atoms. The van der Waals surface area contributed by atoms with Gasteiger partial charge in [-0.1, -0.05) is 112 Å². The van der Waals surface area contributed by atoms with Crippen LogP contribution in [0.5, 0.6) is 0 Å². The Bertz CT molecular complexity index is 594. The lowest BCUT2D eigenvalue weighted by molar-refractivity contribution is -0.108. The summed E-state index contributed by atoms with van der Waals surface area (Å²) in [4.78, 5) is 31.0. The van der Waals surface area contributed by atoms with E-state index in [0.717, 1.165) is 44.5 Å². The van der Waals surface area contributed by atoms with Crippen LogP contribution in [0.15, 0.2) is 34.9 Å². The SMILES string of the molecule is CC(C)/C=C(/CC=O)CC(C)C.CC(C)/C=C(\CC=O)CC(C)C.CC(C)CC(=CC=O)CC(C)C. The van der Waals surface area contributed by atoms with Gasteiger partial charge in [0.15, 0.2) is 0 Å². The van der Waals surface area contributed by atoms with E-state index >= 15 is 0 Å². The van der Waals surface area contributed by atoms with Gasteiger partial charge < -0.3 is 9.59 Å². The first-order chi connectivity index (χ1) is 16.7. The van der Waals surface area contributed by atoms with Crippen LogP contribution in [0.3, 0.4) is 0 Å². The molecule has 3 nitrogen and oxygen atoms in total. The first kappa shape index (κ1) is 38.8. The first-order valence-electron chi connectivity index (χ1n) is 14.1. The summed E-state index contributed by atoms with van der Waals surface area (Å²) in [6.45, 7) is 26.0. The van der Waals surface area contributed by atoms with E-state index in [1.807, 2.05) is 0 Å². The molecule has 0 saturated carbocycles. The molecule has 0 atom stereocenters. The Balaban J connectivity index is -0.000000454. The fourth-order valence-corrected chi connectivity index (χ4v) is 4.01. The summed E-state index contributed by atoms with van der Waals surface area (Å²) in [7, 11) is 0. The predicted octanol–water partition coefficient (Wildman–Crippen LogP) is 9.61. The van der Waals surface area contributed by atoms with Gasteiger partial charge in [-0.05, 0) is 67.3 Å². The van der Waals surface area contributed by atoms with Crippen LogP contribution in [0.2, 0.25) is 0 Å². The highest BCUT2D eigenvalue weighted by Crippen LogP contribution is 2.18. The minimum Gasteiger partial charge on any atom is -0.303 e. The fraction of sp³-hybridized carbons (Fsp3) is 0.727. The minimum absolute atomic E-state index is 0.554. The van der Waals surface area contributed by atoms with Crippen molar-refractivity contribution in [1.29, 1.82) is 0 Å². The van der Waals surface area contributed by atoms with E-state index in [4.69, 9.17) is 0 Å². The van der Waals surface area contributed by atoms with Crippen LogP contribution >= 0.6 is 0 Å². The largest absolute Gasteiger partial charge is 0.303 e. The number of carbonyl (C=O) groups excluding carboxylic acids is 3. The average molecular weight is 505 g/mol. The third kappa shape index (κ3) is 32.2. The van der Waals surface area contributed by atoms with Crippen LogP contribution in [0.4, 0.5) is 0 Å². The smallest absolute Gasteiger partial charge is 0.142 e. The maximum atomic E-state index is 10.3. The molecule has 0 aromatic rings. The summed E-state index contributed by atoms with van der Waals surface area (Å²) in [5, 5.41) is 0. The molecular formula is C33H60O3. The van der Waals surface area contributed by atoms with Gasteiger partial charge in [0.1, 0.15) is 18.9 Å². The molecule has 0 saturated heterocycles. The molecule has 0 heterocycles. The molecule has 0 aliphatic heterocycles. The van der Waals surface area contributed by atoms with Crippen molar-refractivity contribution >= 4 is 18.9 Å². The van der Waals surface area contributed by atoms with E-state index in [1.165, 1.54) is 16.7 Å². The number of hydrogen-bond acceptors (Lipinski definition) is 3. The van der Waals surface area contributed by atoms with Crippen LogP contribution in [0.25, 0.3) is 0 Å². The predicted molar refractivity (Wildman–Crippen MR) is 159 cm³/mol. The molecule has 210 valence electrons. The second-order valence-corrected chi connectivity index (χ2v) is 12.2. The maximum absolute atomic E-state index is 10.3. The van der Waals surface area contributed by atoms with E-state index < -0.39 is 0 Å².